The number of ether oxygens (including phenoxy) is 2. The molecule has 0 spiro atoms. The van der Waals surface area contributed by atoms with Gasteiger partial charge in [0.2, 0.25) is 5.88 Å². The number of benzene rings is 1. The monoisotopic (exact) mass is 428 g/mol. The van der Waals surface area contributed by atoms with Gasteiger partial charge >= 0.3 is 5.97 Å². The summed E-state index contributed by atoms with van der Waals surface area (Å²) in [6.07, 6.45) is 3.18. The molecule has 1 aromatic carbocycles. The van der Waals surface area contributed by atoms with Gasteiger partial charge in [-0.15, -0.1) is 0 Å². The zero-order chi connectivity index (χ0) is 22.1. The molecule has 1 saturated heterocycles. The summed E-state index contributed by atoms with van der Waals surface area (Å²) in [5, 5.41) is 3.33. The Hall–Kier alpha value is -3.16. The Labute approximate surface area is 182 Å². The van der Waals surface area contributed by atoms with E-state index in [4.69, 9.17) is 14.5 Å². The fourth-order valence-corrected chi connectivity index (χ4v) is 3.41. The topological polar surface area (TPSA) is 76.1 Å². The number of piperidine rings is 1. The van der Waals surface area contributed by atoms with Crippen LogP contribution in [0.4, 0.5) is 4.39 Å². The predicted octanol–water partition coefficient (Wildman–Crippen LogP) is 3.75. The van der Waals surface area contributed by atoms with Crippen molar-refractivity contribution in [2.45, 2.75) is 33.2 Å². The smallest absolute Gasteiger partial charge is 0.309 e. The van der Waals surface area contributed by atoms with Crippen LogP contribution in [0.5, 0.6) is 11.6 Å². The summed E-state index contributed by atoms with van der Waals surface area (Å²) in [4.78, 5) is 23.1. The highest BCUT2D eigenvalue weighted by molar-refractivity contribution is 5.80. The van der Waals surface area contributed by atoms with E-state index in [1.165, 1.54) is 12.1 Å². The molecule has 1 aliphatic heterocycles. The molecular weight excluding hydrogens is 399 g/mol. The predicted molar refractivity (Wildman–Crippen MR) is 116 cm³/mol. The van der Waals surface area contributed by atoms with Crippen molar-refractivity contribution in [2.75, 3.05) is 26.2 Å². The fraction of sp³-hybridized carbons (Fsp3) is 0.435. The Kier molecular flexibility index (Phi) is 8.20. The van der Waals surface area contributed by atoms with Crippen molar-refractivity contribution < 1.29 is 18.7 Å². The summed E-state index contributed by atoms with van der Waals surface area (Å²) in [6, 6.07) is 9.52. The molecule has 0 radical (unpaired) electrons. The number of carbonyl (C=O) groups excluding carboxylic acids is 1. The van der Waals surface area contributed by atoms with Gasteiger partial charge in [0, 0.05) is 31.9 Å². The highest BCUT2D eigenvalue weighted by Gasteiger charge is 2.27. The lowest BCUT2D eigenvalue weighted by Gasteiger charge is -2.33. The minimum Gasteiger partial charge on any atom is -0.466 e. The summed E-state index contributed by atoms with van der Waals surface area (Å²) in [5.41, 5.74) is 0.948. The third-order valence-electron chi connectivity index (χ3n) is 5.00. The number of pyridine rings is 1. The molecule has 0 saturated carbocycles. The molecular formula is C23H29FN4O3. The van der Waals surface area contributed by atoms with Crippen molar-refractivity contribution >= 4 is 11.9 Å². The van der Waals surface area contributed by atoms with Crippen LogP contribution in [-0.2, 0) is 16.1 Å². The zero-order valence-electron chi connectivity index (χ0n) is 18.0. The van der Waals surface area contributed by atoms with E-state index in [2.05, 4.69) is 15.2 Å². The second-order valence-corrected chi connectivity index (χ2v) is 7.24. The number of aromatic nitrogens is 1. The first kappa shape index (κ1) is 22.5. The van der Waals surface area contributed by atoms with Gasteiger partial charge in [-0.2, -0.15) is 0 Å². The Morgan fingerprint density at radius 1 is 1.23 bits per heavy atom. The molecule has 0 amide bonds. The average molecular weight is 429 g/mol. The lowest BCUT2D eigenvalue weighted by Crippen LogP contribution is -2.46. The van der Waals surface area contributed by atoms with E-state index in [9.17, 15) is 9.18 Å². The zero-order valence-corrected chi connectivity index (χ0v) is 18.0. The number of halogens is 1. The van der Waals surface area contributed by atoms with Crippen molar-refractivity contribution in [1.29, 1.82) is 0 Å². The van der Waals surface area contributed by atoms with Gasteiger partial charge in [-0.05, 0) is 62.6 Å². The highest BCUT2D eigenvalue weighted by atomic mass is 19.1. The number of hydrogen-bond donors (Lipinski definition) is 1. The van der Waals surface area contributed by atoms with Crippen molar-refractivity contribution in [3.63, 3.8) is 0 Å². The minimum atomic E-state index is -0.314. The highest BCUT2D eigenvalue weighted by Crippen LogP contribution is 2.21. The van der Waals surface area contributed by atoms with Crippen LogP contribution in [0.1, 0.15) is 32.3 Å². The summed E-state index contributed by atoms with van der Waals surface area (Å²) in [6.45, 7) is 7.01. The lowest BCUT2D eigenvalue weighted by molar-refractivity contribution is -0.149. The SMILES string of the molecule is CCNC(=NCc1ccnc(Oc2ccc(F)cc2)c1)N1CCC(C(=O)OCC)CC1. The maximum atomic E-state index is 13.1. The Balaban J connectivity index is 1.61. The van der Waals surface area contributed by atoms with E-state index in [-0.39, 0.29) is 17.7 Å². The number of likely N-dealkylation sites (tertiary alicyclic amines) is 1. The largest absolute Gasteiger partial charge is 0.466 e. The molecule has 0 unspecified atom stereocenters. The Bertz CT molecular complexity index is 881. The van der Waals surface area contributed by atoms with E-state index in [1.807, 2.05) is 26.0 Å². The second kappa shape index (κ2) is 11.3. The summed E-state index contributed by atoms with van der Waals surface area (Å²) >= 11 is 0. The van der Waals surface area contributed by atoms with E-state index in [0.29, 0.717) is 24.8 Å². The van der Waals surface area contributed by atoms with E-state index >= 15 is 0 Å². The van der Waals surface area contributed by atoms with Crippen molar-refractivity contribution in [1.82, 2.24) is 15.2 Å². The van der Waals surface area contributed by atoms with Crippen LogP contribution in [0.15, 0.2) is 47.6 Å². The number of esters is 1. The molecule has 166 valence electrons. The maximum Gasteiger partial charge on any atom is 0.309 e. The summed E-state index contributed by atoms with van der Waals surface area (Å²) < 4.78 is 23.9. The van der Waals surface area contributed by atoms with Crippen LogP contribution < -0.4 is 10.1 Å². The van der Waals surface area contributed by atoms with Crippen molar-refractivity contribution in [3.05, 3.63) is 54.0 Å². The third kappa shape index (κ3) is 6.67. The van der Waals surface area contributed by atoms with Gasteiger partial charge < -0.3 is 19.7 Å². The molecule has 1 N–H and O–H groups in total. The molecule has 0 bridgehead atoms. The molecule has 2 aromatic rings. The molecule has 1 fully saturated rings. The van der Waals surface area contributed by atoms with Gasteiger partial charge in [-0.3, -0.25) is 4.79 Å². The molecule has 0 aliphatic carbocycles. The number of guanidine groups is 1. The first-order valence-corrected chi connectivity index (χ1v) is 10.7. The molecule has 0 atom stereocenters. The van der Waals surface area contributed by atoms with Gasteiger partial charge in [-0.1, -0.05) is 0 Å². The first-order chi connectivity index (χ1) is 15.1. The normalized spacial score (nSPS) is 14.9. The van der Waals surface area contributed by atoms with E-state index < -0.39 is 0 Å². The molecule has 7 nitrogen and oxygen atoms in total. The second-order valence-electron chi connectivity index (χ2n) is 7.24. The molecule has 1 aromatic heterocycles. The van der Waals surface area contributed by atoms with Crippen LogP contribution in [0.3, 0.4) is 0 Å². The van der Waals surface area contributed by atoms with E-state index in [0.717, 1.165) is 44.0 Å². The van der Waals surface area contributed by atoms with Crippen LogP contribution in [-0.4, -0.2) is 48.1 Å². The van der Waals surface area contributed by atoms with Crippen molar-refractivity contribution in [2.24, 2.45) is 10.9 Å². The first-order valence-electron chi connectivity index (χ1n) is 10.7. The molecule has 31 heavy (non-hydrogen) atoms. The Morgan fingerprint density at radius 3 is 2.65 bits per heavy atom. The Morgan fingerprint density at radius 2 is 1.97 bits per heavy atom. The summed E-state index contributed by atoms with van der Waals surface area (Å²) in [5.74, 6) is 1.32. The fourth-order valence-electron chi connectivity index (χ4n) is 3.41. The number of carbonyl (C=O) groups is 1. The van der Waals surface area contributed by atoms with Gasteiger partial charge in [-0.25, -0.2) is 14.4 Å². The standard InChI is InChI=1S/C23H29FN4O3/c1-3-25-23(28-13-10-18(11-14-28)22(29)30-4-2)27-16-17-9-12-26-21(15-17)31-20-7-5-19(24)6-8-20/h5-9,12,15,18H,3-4,10-11,13-14,16H2,1-2H3,(H,25,27). The van der Waals surface area contributed by atoms with Gasteiger partial charge in [0.05, 0.1) is 19.1 Å². The number of aliphatic imine (C=N–C) groups is 1. The summed E-state index contributed by atoms with van der Waals surface area (Å²) in [7, 11) is 0. The number of nitrogens with one attached hydrogen (secondary N) is 1. The molecule has 8 heteroatoms. The lowest BCUT2D eigenvalue weighted by atomic mass is 9.97. The maximum absolute atomic E-state index is 13.1. The van der Waals surface area contributed by atoms with Crippen LogP contribution >= 0.6 is 0 Å². The molecule has 3 rings (SSSR count). The van der Waals surface area contributed by atoms with Gasteiger partial charge in [0.1, 0.15) is 11.6 Å². The van der Waals surface area contributed by atoms with Crippen LogP contribution in [0.25, 0.3) is 0 Å². The van der Waals surface area contributed by atoms with Gasteiger partial charge in [0.15, 0.2) is 5.96 Å². The third-order valence-corrected chi connectivity index (χ3v) is 5.00. The van der Waals surface area contributed by atoms with Crippen molar-refractivity contribution in [3.8, 4) is 11.6 Å². The van der Waals surface area contributed by atoms with Crippen LogP contribution in [0, 0.1) is 11.7 Å². The molecule has 1 aliphatic rings. The number of rotatable bonds is 7. The van der Waals surface area contributed by atoms with Gasteiger partial charge in [0.25, 0.3) is 0 Å². The number of hydrogen-bond acceptors (Lipinski definition) is 5. The minimum absolute atomic E-state index is 0.0366. The quantitative estimate of drug-likeness (QED) is 0.411. The molecule has 2 heterocycles. The van der Waals surface area contributed by atoms with Crippen LogP contribution in [0.2, 0.25) is 0 Å². The van der Waals surface area contributed by atoms with E-state index in [1.54, 1.807) is 18.3 Å². The number of nitrogens with zero attached hydrogens (tertiary/aromatic N) is 3. The average Bonchev–Trinajstić information content (AvgIpc) is 2.79.